The van der Waals surface area contributed by atoms with Crippen LogP contribution in [0.2, 0.25) is 0 Å². The Bertz CT molecular complexity index is 496. The summed E-state index contributed by atoms with van der Waals surface area (Å²) >= 11 is 0. The molecule has 3 heteroatoms. The third kappa shape index (κ3) is 3.17. The number of nitrogens with zero attached hydrogens (tertiary/aromatic N) is 2. The highest BCUT2D eigenvalue weighted by molar-refractivity contribution is 5.98. The molecule has 1 amide bonds. The van der Waals surface area contributed by atoms with Crippen LogP contribution in [-0.2, 0) is 11.2 Å². The first-order chi connectivity index (χ1) is 8.77. The van der Waals surface area contributed by atoms with Gasteiger partial charge in [0.1, 0.15) is 5.82 Å². The lowest BCUT2D eigenvalue weighted by atomic mass is 10.1. The summed E-state index contributed by atoms with van der Waals surface area (Å²) in [7, 11) is 1.73. The molecule has 0 spiro atoms. The zero-order valence-electron chi connectivity index (χ0n) is 10.3. The summed E-state index contributed by atoms with van der Waals surface area (Å²) in [6.07, 6.45) is 3.98. The van der Waals surface area contributed by atoms with Gasteiger partial charge in [0, 0.05) is 13.2 Å². The molecule has 1 heterocycles. The standard InChI is InChI=1S/C15H15N2O/c1-17(14-9-5-6-12-16-14)15(18)11-10-13-7-3-2-4-8-13/h2-9,11-12H,10H2,1H3. The number of carbonyl (C=O) groups excluding carboxylic acids is 1. The summed E-state index contributed by atoms with van der Waals surface area (Å²) in [6.45, 7) is 0. The highest BCUT2D eigenvalue weighted by atomic mass is 16.2. The summed E-state index contributed by atoms with van der Waals surface area (Å²) in [5.74, 6) is 0.615. The molecule has 0 saturated carbocycles. The van der Waals surface area contributed by atoms with E-state index in [0.717, 1.165) is 5.56 Å². The minimum Gasteiger partial charge on any atom is -0.300 e. The summed E-state index contributed by atoms with van der Waals surface area (Å²) in [4.78, 5) is 17.6. The largest absolute Gasteiger partial charge is 0.300 e. The van der Waals surface area contributed by atoms with E-state index >= 15 is 0 Å². The van der Waals surface area contributed by atoms with Gasteiger partial charge in [-0.15, -0.1) is 0 Å². The molecule has 18 heavy (non-hydrogen) atoms. The first kappa shape index (κ1) is 12.3. The molecule has 0 saturated heterocycles. The Hall–Kier alpha value is -2.16. The molecule has 0 unspecified atom stereocenters. The lowest BCUT2D eigenvalue weighted by molar-refractivity contribution is -0.115. The van der Waals surface area contributed by atoms with Crippen molar-refractivity contribution < 1.29 is 4.79 Å². The fourth-order valence-electron chi connectivity index (χ4n) is 1.62. The molecule has 0 fully saturated rings. The number of pyridine rings is 1. The predicted octanol–water partition coefficient (Wildman–Crippen LogP) is 2.49. The van der Waals surface area contributed by atoms with Crippen LogP contribution in [0, 0.1) is 6.42 Å². The number of rotatable bonds is 4. The van der Waals surface area contributed by atoms with Crippen molar-refractivity contribution in [2.45, 2.75) is 6.42 Å². The summed E-state index contributed by atoms with van der Waals surface area (Å²) in [6, 6.07) is 15.4. The van der Waals surface area contributed by atoms with E-state index in [9.17, 15) is 4.79 Å². The van der Waals surface area contributed by atoms with Crippen LogP contribution in [0.5, 0.6) is 0 Å². The van der Waals surface area contributed by atoms with Crippen LogP contribution in [0.25, 0.3) is 0 Å². The molecule has 0 aliphatic heterocycles. The maximum atomic E-state index is 11.9. The third-order valence-corrected chi connectivity index (χ3v) is 2.68. The predicted molar refractivity (Wildman–Crippen MR) is 72.1 cm³/mol. The Balaban J connectivity index is 1.93. The topological polar surface area (TPSA) is 33.2 Å². The van der Waals surface area contributed by atoms with Crippen molar-refractivity contribution >= 4 is 11.7 Å². The monoisotopic (exact) mass is 239 g/mol. The van der Waals surface area contributed by atoms with Gasteiger partial charge >= 0.3 is 0 Å². The van der Waals surface area contributed by atoms with Crippen LogP contribution in [0.1, 0.15) is 5.56 Å². The fourth-order valence-corrected chi connectivity index (χ4v) is 1.62. The number of benzene rings is 1. The van der Waals surface area contributed by atoms with Crippen molar-refractivity contribution in [1.29, 1.82) is 0 Å². The Morgan fingerprint density at radius 1 is 1.17 bits per heavy atom. The molecule has 0 aliphatic carbocycles. The van der Waals surface area contributed by atoms with Gasteiger partial charge in [0.15, 0.2) is 0 Å². The smallest absolute Gasteiger partial charge is 0.232 e. The zero-order chi connectivity index (χ0) is 12.8. The van der Waals surface area contributed by atoms with E-state index in [4.69, 9.17) is 0 Å². The Labute approximate surface area is 107 Å². The average Bonchev–Trinajstić information content (AvgIpc) is 2.46. The maximum Gasteiger partial charge on any atom is 0.232 e. The maximum absolute atomic E-state index is 11.9. The zero-order valence-corrected chi connectivity index (χ0v) is 10.3. The van der Waals surface area contributed by atoms with Gasteiger partial charge in [-0.25, -0.2) is 4.98 Å². The van der Waals surface area contributed by atoms with Gasteiger partial charge in [-0.3, -0.25) is 9.69 Å². The van der Waals surface area contributed by atoms with Crippen LogP contribution in [-0.4, -0.2) is 17.9 Å². The number of hydrogen-bond donors (Lipinski definition) is 0. The van der Waals surface area contributed by atoms with E-state index in [-0.39, 0.29) is 5.91 Å². The molecule has 1 aromatic carbocycles. The second-order valence-corrected chi connectivity index (χ2v) is 3.98. The molecule has 2 rings (SSSR count). The second kappa shape index (κ2) is 5.96. The molecule has 0 N–H and O–H groups in total. The minimum atomic E-state index is -0.0439. The van der Waals surface area contributed by atoms with E-state index in [0.29, 0.717) is 12.2 Å². The van der Waals surface area contributed by atoms with Gasteiger partial charge in [-0.05, 0) is 24.1 Å². The molecule has 0 bridgehead atoms. The molecule has 1 aromatic heterocycles. The third-order valence-electron chi connectivity index (χ3n) is 2.68. The van der Waals surface area contributed by atoms with E-state index in [2.05, 4.69) is 4.98 Å². The van der Waals surface area contributed by atoms with E-state index < -0.39 is 0 Å². The number of aromatic nitrogens is 1. The van der Waals surface area contributed by atoms with Crippen molar-refractivity contribution in [2.75, 3.05) is 11.9 Å². The van der Waals surface area contributed by atoms with Crippen molar-refractivity contribution in [3.05, 3.63) is 66.7 Å². The van der Waals surface area contributed by atoms with E-state index in [1.165, 1.54) is 0 Å². The Kier molecular flexibility index (Phi) is 4.07. The number of hydrogen-bond acceptors (Lipinski definition) is 2. The summed E-state index contributed by atoms with van der Waals surface area (Å²) in [5, 5.41) is 0. The van der Waals surface area contributed by atoms with E-state index in [1.807, 2.05) is 48.5 Å². The molecule has 91 valence electrons. The number of anilines is 1. The molecular weight excluding hydrogens is 224 g/mol. The average molecular weight is 239 g/mol. The molecule has 0 aliphatic rings. The van der Waals surface area contributed by atoms with Crippen LogP contribution < -0.4 is 4.90 Å². The van der Waals surface area contributed by atoms with E-state index in [1.54, 1.807) is 24.6 Å². The SMILES string of the molecule is CN(C(=O)[CH]Cc1ccccc1)c1ccccn1. The number of carbonyl (C=O) groups is 1. The van der Waals surface area contributed by atoms with Gasteiger partial charge in [0.05, 0.1) is 6.42 Å². The van der Waals surface area contributed by atoms with Gasteiger partial charge in [-0.1, -0.05) is 36.4 Å². The fraction of sp³-hybridized carbons (Fsp3) is 0.133. The summed E-state index contributed by atoms with van der Waals surface area (Å²) in [5.41, 5.74) is 1.13. The lowest BCUT2D eigenvalue weighted by Gasteiger charge is -2.15. The van der Waals surface area contributed by atoms with Crippen molar-refractivity contribution in [3.63, 3.8) is 0 Å². The first-order valence-electron chi connectivity index (χ1n) is 5.83. The molecule has 1 radical (unpaired) electrons. The quantitative estimate of drug-likeness (QED) is 0.821. The lowest BCUT2D eigenvalue weighted by Crippen LogP contribution is -2.27. The molecule has 3 nitrogen and oxygen atoms in total. The van der Waals surface area contributed by atoms with Crippen molar-refractivity contribution in [2.24, 2.45) is 0 Å². The second-order valence-electron chi connectivity index (χ2n) is 3.98. The van der Waals surface area contributed by atoms with Crippen LogP contribution in [0.3, 0.4) is 0 Å². The van der Waals surface area contributed by atoms with Gasteiger partial charge in [0.2, 0.25) is 5.91 Å². The number of amides is 1. The normalized spacial score (nSPS) is 10.1. The molecular formula is C15H15N2O. The minimum absolute atomic E-state index is 0.0439. The van der Waals surface area contributed by atoms with Gasteiger partial charge in [0.25, 0.3) is 0 Å². The summed E-state index contributed by atoms with van der Waals surface area (Å²) < 4.78 is 0. The van der Waals surface area contributed by atoms with Gasteiger partial charge < -0.3 is 0 Å². The van der Waals surface area contributed by atoms with Crippen LogP contribution >= 0.6 is 0 Å². The van der Waals surface area contributed by atoms with Crippen LogP contribution in [0.4, 0.5) is 5.82 Å². The molecule has 2 aromatic rings. The Morgan fingerprint density at radius 3 is 2.56 bits per heavy atom. The van der Waals surface area contributed by atoms with Crippen molar-refractivity contribution in [3.8, 4) is 0 Å². The molecule has 0 atom stereocenters. The highest BCUT2D eigenvalue weighted by Gasteiger charge is 2.11. The highest BCUT2D eigenvalue weighted by Crippen LogP contribution is 2.09. The van der Waals surface area contributed by atoms with Gasteiger partial charge in [-0.2, -0.15) is 0 Å². The Morgan fingerprint density at radius 2 is 1.89 bits per heavy atom. The first-order valence-corrected chi connectivity index (χ1v) is 5.83. The van der Waals surface area contributed by atoms with Crippen LogP contribution in [0.15, 0.2) is 54.7 Å². The van der Waals surface area contributed by atoms with Crippen molar-refractivity contribution in [1.82, 2.24) is 4.98 Å².